The largest absolute Gasteiger partial charge is 0.443 e. The number of rotatable bonds is 7. The third kappa shape index (κ3) is 4.95. The number of pyridine rings is 1. The van der Waals surface area contributed by atoms with Gasteiger partial charge in [0.15, 0.2) is 11.5 Å². The molecule has 3 aromatic heterocycles. The molecule has 3 aliphatic rings. The van der Waals surface area contributed by atoms with E-state index in [4.69, 9.17) is 36.0 Å². The number of piperidine rings is 1. The van der Waals surface area contributed by atoms with E-state index in [0.29, 0.717) is 28.1 Å². The molecule has 12 heteroatoms. The number of benzene rings is 1. The van der Waals surface area contributed by atoms with Crippen molar-refractivity contribution in [2.75, 3.05) is 19.7 Å². The number of likely N-dealkylation sites (tertiary alicyclic amines) is 1. The molecule has 10 nitrogen and oxygen atoms in total. The lowest BCUT2D eigenvalue weighted by Gasteiger charge is -2.33. The Labute approximate surface area is 245 Å². The van der Waals surface area contributed by atoms with E-state index in [-0.39, 0.29) is 6.10 Å². The van der Waals surface area contributed by atoms with Crippen molar-refractivity contribution < 1.29 is 24.2 Å². The average Bonchev–Trinajstić information content (AvgIpc) is 3.62. The van der Waals surface area contributed by atoms with Gasteiger partial charge in [-0.1, -0.05) is 23.7 Å². The lowest BCUT2D eigenvalue weighted by Crippen LogP contribution is -2.35. The Morgan fingerprint density at radius 2 is 2.05 bits per heavy atom. The molecule has 2 fully saturated rings. The average molecular weight is 596 g/mol. The van der Waals surface area contributed by atoms with Crippen LogP contribution in [0.2, 0.25) is 5.02 Å². The molecule has 0 bridgehead atoms. The number of nitrogens with zero attached hydrogens (tertiary/aromatic N) is 4. The Morgan fingerprint density at radius 3 is 2.76 bits per heavy atom. The van der Waals surface area contributed by atoms with Crippen molar-refractivity contribution in [3.63, 3.8) is 0 Å². The highest BCUT2D eigenvalue weighted by Crippen LogP contribution is 2.49. The minimum Gasteiger partial charge on any atom is -0.443 e. The van der Waals surface area contributed by atoms with Crippen LogP contribution in [0.5, 0.6) is 11.5 Å². The van der Waals surface area contributed by atoms with E-state index in [9.17, 15) is 4.79 Å². The van der Waals surface area contributed by atoms with Gasteiger partial charge >= 0.3 is 0 Å². The maximum absolute atomic E-state index is 12.0. The molecule has 3 aliphatic heterocycles. The molecule has 6 heterocycles. The van der Waals surface area contributed by atoms with Crippen molar-refractivity contribution in [3.8, 4) is 11.5 Å². The fourth-order valence-corrected chi connectivity index (χ4v) is 6.96. The molecule has 1 aromatic carbocycles. The van der Waals surface area contributed by atoms with Gasteiger partial charge in [0.25, 0.3) is 11.7 Å². The SMILES string of the molecule is CC1(c2ccc(Cl)cn2)Oc2cccc(C3CCN(Cc4nc5sc(C(=O)NO)cc5n4CC4CCO4)CC3)c2O1. The minimum absolute atomic E-state index is 0.156. The molecule has 41 heavy (non-hydrogen) atoms. The Balaban J connectivity index is 1.06. The molecule has 0 aliphatic carbocycles. The van der Waals surface area contributed by atoms with E-state index in [2.05, 4.69) is 20.5 Å². The molecule has 4 aromatic rings. The third-order valence-electron chi connectivity index (χ3n) is 8.23. The van der Waals surface area contributed by atoms with Crippen molar-refractivity contribution >= 4 is 39.2 Å². The number of nitrogens with one attached hydrogen (secondary N) is 1. The molecule has 7 rings (SSSR count). The molecular weight excluding hydrogens is 566 g/mol. The summed E-state index contributed by atoms with van der Waals surface area (Å²) in [6.45, 7) is 5.92. The number of ether oxygens (including phenoxy) is 3. The molecule has 214 valence electrons. The van der Waals surface area contributed by atoms with Gasteiger partial charge in [0.1, 0.15) is 16.3 Å². The van der Waals surface area contributed by atoms with E-state index >= 15 is 0 Å². The first-order chi connectivity index (χ1) is 19.9. The van der Waals surface area contributed by atoms with Crippen LogP contribution in [-0.2, 0) is 23.6 Å². The molecule has 0 radical (unpaired) electrons. The topological polar surface area (TPSA) is 111 Å². The predicted molar refractivity (Wildman–Crippen MR) is 153 cm³/mol. The van der Waals surface area contributed by atoms with Crippen LogP contribution in [0, 0.1) is 0 Å². The number of aromatic nitrogens is 3. The number of imidazole rings is 1. The number of carbonyl (C=O) groups is 1. The van der Waals surface area contributed by atoms with Gasteiger partial charge in [-0.05, 0) is 62.5 Å². The van der Waals surface area contributed by atoms with Crippen LogP contribution >= 0.6 is 22.9 Å². The molecular formula is C29H30ClN5O5S. The van der Waals surface area contributed by atoms with Gasteiger partial charge in [-0.3, -0.25) is 19.9 Å². The third-order valence-corrected chi connectivity index (χ3v) is 9.47. The summed E-state index contributed by atoms with van der Waals surface area (Å²) in [4.78, 5) is 25.0. The fraction of sp³-hybridized carbons (Fsp3) is 0.414. The molecule has 2 atom stereocenters. The van der Waals surface area contributed by atoms with Crippen LogP contribution in [0.3, 0.4) is 0 Å². The Hall–Kier alpha value is -3.22. The van der Waals surface area contributed by atoms with Crippen LogP contribution in [-0.4, -0.2) is 56.3 Å². The van der Waals surface area contributed by atoms with Crippen molar-refractivity contribution in [1.82, 2.24) is 24.9 Å². The number of thiophene rings is 1. The minimum atomic E-state index is -1.00. The summed E-state index contributed by atoms with van der Waals surface area (Å²) in [5, 5.41) is 9.62. The van der Waals surface area contributed by atoms with Crippen molar-refractivity contribution in [2.45, 2.75) is 57.1 Å². The first-order valence-electron chi connectivity index (χ1n) is 13.8. The van der Waals surface area contributed by atoms with Crippen LogP contribution < -0.4 is 15.0 Å². The first kappa shape index (κ1) is 26.7. The molecule has 1 amide bonds. The summed E-state index contributed by atoms with van der Waals surface area (Å²) < 4.78 is 20.6. The number of hydrogen-bond acceptors (Lipinski definition) is 9. The molecule has 2 saturated heterocycles. The monoisotopic (exact) mass is 595 g/mol. The van der Waals surface area contributed by atoms with Gasteiger partial charge in [0.05, 0.1) is 34.6 Å². The highest BCUT2D eigenvalue weighted by atomic mass is 35.5. The van der Waals surface area contributed by atoms with E-state index in [0.717, 1.165) is 73.2 Å². The lowest BCUT2D eigenvalue weighted by molar-refractivity contribution is -0.0722. The Morgan fingerprint density at radius 1 is 1.22 bits per heavy atom. The summed E-state index contributed by atoms with van der Waals surface area (Å²) in [7, 11) is 0. The zero-order chi connectivity index (χ0) is 28.1. The highest BCUT2D eigenvalue weighted by Gasteiger charge is 2.42. The van der Waals surface area contributed by atoms with E-state index in [1.165, 1.54) is 16.9 Å². The first-order valence-corrected chi connectivity index (χ1v) is 15.0. The van der Waals surface area contributed by atoms with Crippen molar-refractivity contribution in [2.24, 2.45) is 0 Å². The summed E-state index contributed by atoms with van der Waals surface area (Å²) in [5.41, 5.74) is 4.46. The fourth-order valence-electron chi connectivity index (χ4n) is 5.91. The number of halogens is 1. The van der Waals surface area contributed by atoms with Crippen LogP contribution in [0.1, 0.15) is 58.9 Å². The van der Waals surface area contributed by atoms with Crippen LogP contribution in [0.4, 0.5) is 0 Å². The summed E-state index contributed by atoms with van der Waals surface area (Å²) in [5.74, 6) is 1.32. The van der Waals surface area contributed by atoms with Gasteiger partial charge in [-0.15, -0.1) is 11.3 Å². The molecule has 0 spiro atoms. The number of hydrogen-bond donors (Lipinski definition) is 2. The van der Waals surface area contributed by atoms with Crippen LogP contribution in [0.15, 0.2) is 42.6 Å². The Bertz CT molecular complexity index is 1600. The number of fused-ring (bicyclic) bond motifs is 2. The van der Waals surface area contributed by atoms with E-state index in [1.54, 1.807) is 23.8 Å². The highest BCUT2D eigenvalue weighted by molar-refractivity contribution is 7.20. The maximum Gasteiger partial charge on any atom is 0.292 e. The standard InChI is InChI=1S/C29H30ClN5O5S/c1-29(24-6-5-18(30)14-31-24)39-22-4-2-3-20(26(22)40-29)17-7-10-34(11-8-17)16-25-32-28-21(13-23(41-28)27(36)33-37)35(25)15-19-9-12-38-19/h2-6,13-14,17,19,37H,7-12,15-16H2,1H3,(H,33,36). The van der Waals surface area contributed by atoms with Crippen LogP contribution in [0.25, 0.3) is 10.3 Å². The second-order valence-electron chi connectivity index (χ2n) is 10.9. The van der Waals surface area contributed by atoms with E-state index < -0.39 is 11.7 Å². The molecule has 2 N–H and O–H groups in total. The molecule has 2 unspecified atom stereocenters. The lowest BCUT2D eigenvalue weighted by atomic mass is 9.88. The van der Waals surface area contributed by atoms with Gasteiger partial charge in [0, 0.05) is 25.3 Å². The van der Waals surface area contributed by atoms with Crippen molar-refractivity contribution in [3.05, 3.63) is 69.6 Å². The zero-order valence-corrected chi connectivity index (χ0v) is 24.1. The maximum atomic E-state index is 12.0. The van der Waals surface area contributed by atoms with E-state index in [1.807, 2.05) is 25.1 Å². The molecule has 0 saturated carbocycles. The predicted octanol–water partition coefficient (Wildman–Crippen LogP) is 5.08. The Kier molecular flexibility index (Phi) is 6.87. The second kappa shape index (κ2) is 10.6. The van der Waals surface area contributed by atoms with Gasteiger partial charge in [-0.25, -0.2) is 10.5 Å². The second-order valence-corrected chi connectivity index (χ2v) is 12.4. The quantitative estimate of drug-likeness (QED) is 0.225. The van der Waals surface area contributed by atoms with Gasteiger partial charge in [-0.2, -0.15) is 0 Å². The summed E-state index contributed by atoms with van der Waals surface area (Å²) in [6.07, 6.45) is 4.74. The van der Waals surface area contributed by atoms with Gasteiger partial charge in [0.2, 0.25) is 0 Å². The zero-order valence-electron chi connectivity index (χ0n) is 22.5. The van der Waals surface area contributed by atoms with Gasteiger partial charge < -0.3 is 18.8 Å². The number of carbonyl (C=O) groups excluding carboxylic acids is 1. The van der Waals surface area contributed by atoms with Crippen molar-refractivity contribution in [1.29, 1.82) is 0 Å². The summed E-state index contributed by atoms with van der Waals surface area (Å²) in [6, 6.07) is 11.5. The summed E-state index contributed by atoms with van der Waals surface area (Å²) >= 11 is 7.33. The smallest absolute Gasteiger partial charge is 0.292 e. The number of para-hydroxylation sites is 1. The normalized spacial score (nSPS) is 22.7. The number of hydroxylamine groups is 1. The number of amides is 1.